The summed E-state index contributed by atoms with van der Waals surface area (Å²) in [4.78, 5) is 52.6. The Morgan fingerprint density at radius 1 is 0.444 bits per heavy atom. The standard InChI is InChI=1S/2C21H25F3N6O.C20H23F3N6.C16H13F3N6O.H2/c2*1-12(2)10-20(31)11-30(9-7-15(20)25)16-6-5-14(21(22,23)24)18(27-16)17-13-4-3-8-26-19(13)29-28-17;1-12(2)10-13-11-29(9-8-24-13)16-6-5-15(20(21,22)23)18(26-16)17-14-4-3-7-25-19(14)28-27-17;17-16(18,19)10-3-4-11(25-7-6-20-12(26)8-25)22-14(10)13-9-2-1-5-21-15(9)24-23-13;/h2*3-6,8,12,15,31H,7,9-11,25H2,1-2H3,(H,26,28,29);3-7,12-13,24H,8-11H2,1-2H3,(H,25,27,28);1-5H,6-8H2,(H,20,26)(H,21,23,24);1H/t2*15-,20-;13-;;/m101../s1. The number of carbonyl (C=O) groups excluding carboxylic acids is 1. The number of fused-ring (bicyclic) bond motifs is 4. The second kappa shape index (κ2) is 33.7. The van der Waals surface area contributed by atoms with Gasteiger partial charge in [-0.2, -0.15) is 73.1 Å². The van der Waals surface area contributed by atoms with E-state index in [1.165, 1.54) is 42.9 Å². The number of carbonyl (C=O) groups is 1. The molecule has 4 fully saturated rings. The number of β-amino-alcohol motifs (C(OH)–C–C–N with tert-alkyl or cyclic N) is 2. The van der Waals surface area contributed by atoms with Crippen LogP contribution in [0.4, 0.5) is 76.0 Å². The predicted octanol–water partition coefficient (Wildman–Crippen LogP) is 12.8. The molecule has 27 nitrogen and oxygen atoms in total. The lowest BCUT2D eigenvalue weighted by Gasteiger charge is -2.45. The number of nitrogens with two attached hydrogens (primary N) is 2. The number of halogens is 12. The zero-order chi connectivity index (χ0) is 83.7. The third-order valence-electron chi connectivity index (χ3n) is 20.6. The molecule has 12 N–H and O–H groups in total. The molecule has 622 valence electrons. The van der Waals surface area contributed by atoms with Gasteiger partial charge in [0.25, 0.3) is 0 Å². The van der Waals surface area contributed by atoms with Gasteiger partial charge in [0.2, 0.25) is 5.91 Å². The van der Waals surface area contributed by atoms with Crippen LogP contribution in [0.5, 0.6) is 0 Å². The van der Waals surface area contributed by atoms with E-state index in [1.54, 1.807) is 69.4 Å². The number of amides is 1. The Hall–Kier alpha value is -11.3. The van der Waals surface area contributed by atoms with E-state index in [0.717, 1.165) is 37.2 Å². The number of hydrogen-bond acceptors (Lipinski definition) is 22. The van der Waals surface area contributed by atoms with E-state index < -0.39 is 70.2 Å². The number of alkyl halides is 12. The summed E-state index contributed by atoms with van der Waals surface area (Å²) in [6.45, 7) is 16.8. The number of anilines is 4. The molecule has 0 spiro atoms. The lowest BCUT2D eigenvalue weighted by molar-refractivity contribution is -0.138. The van der Waals surface area contributed by atoms with E-state index in [0.29, 0.717) is 138 Å². The van der Waals surface area contributed by atoms with Crippen LogP contribution >= 0.6 is 0 Å². The van der Waals surface area contributed by atoms with Crippen LogP contribution in [0.25, 0.3) is 89.7 Å². The zero-order valence-corrected chi connectivity index (χ0v) is 64.3. The Morgan fingerprint density at radius 3 is 1.07 bits per heavy atom. The van der Waals surface area contributed by atoms with Crippen molar-refractivity contribution in [3.63, 3.8) is 0 Å². The molecule has 0 aromatic carbocycles. The van der Waals surface area contributed by atoms with Gasteiger partial charge in [-0.05, 0) is 147 Å². The molecule has 117 heavy (non-hydrogen) atoms. The van der Waals surface area contributed by atoms with Gasteiger partial charge >= 0.3 is 24.7 Å². The van der Waals surface area contributed by atoms with Gasteiger partial charge in [0.15, 0.2) is 22.6 Å². The highest BCUT2D eigenvalue weighted by atomic mass is 19.4. The Kier molecular flexibility index (Phi) is 24.1. The van der Waals surface area contributed by atoms with E-state index in [2.05, 4.69) is 105 Å². The highest BCUT2D eigenvalue weighted by molar-refractivity contribution is 5.94. The van der Waals surface area contributed by atoms with E-state index in [-0.39, 0.29) is 90.4 Å². The van der Waals surface area contributed by atoms with Crippen LogP contribution in [-0.4, -0.2) is 192 Å². The van der Waals surface area contributed by atoms with Crippen molar-refractivity contribution in [1.82, 2.24) is 91.3 Å². The Morgan fingerprint density at radius 2 is 0.761 bits per heavy atom. The number of nitrogens with zero attached hydrogens (tertiary/aromatic N) is 16. The summed E-state index contributed by atoms with van der Waals surface area (Å²) in [5.41, 5.74) is 7.78. The predicted molar refractivity (Wildman–Crippen MR) is 418 cm³/mol. The number of nitrogens with one attached hydrogen (secondary N) is 6. The first-order valence-corrected chi connectivity index (χ1v) is 37.9. The van der Waals surface area contributed by atoms with Crippen molar-refractivity contribution >= 4 is 73.3 Å². The van der Waals surface area contributed by atoms with Crippen molar-refractivity contribution in [3.8, 4) is 45.6 Å². The number of rotatable bonds is 14. The number of aromatic nitrogens is 16. The van der Waals surface area contributed by atoms with E-state index in [4.69, 9.17) is 11.5 Å². The molecular formula is C78H88F12N24O3. The minimum atomic E-state index is -4.59. The van der Waals surface area contributed by atoms with E-state index in [9.17, 15) is 67.7 Å². The van der Waals surface area contributed by atoms with Gasteiger partial charge in [0, 0.05) is 125 Å². The fourth-order valence-electron chi connectivity index (χ4n) is 15.3. The maximum atomic E-state index is 13.8. The molecule has 0 radical (unpaired) electrons. The molecule has 0 bridgehead atoms. The summed E-state index contributed by atoms with van der Waals surface area (Å²) in [6, 6.07) is 22.2. The minimum Gasteiger partial charge on any atom is -0.386 e. The molecule has 0 unspecified atom stereocenters. The van der Waals surface area contributed by atoms with Gasteiger partial charge in [-0.3, -0.25) is 25.2 Å². The van der Waals surface area contributed by atoms with Gasteiger partial charge in [0.1, 0.15) is 46.0 Å². The lowest BCUT2D eigenvalue weighted by Crippen LogP contribution is -2.61. The first-order valence-electron chi connectivity index (χ1n) is 37.9. The second-order valence-electron chi connectivity index (χ2n) is 30.7. The summed E-state index contributed by atoms with van der Waals surface area (Å²) in [6.07, 6.45) is -9.18. The molecule has 5 atom stereocenters. The van der Waals surface area contributed by atoms with Gasteiger partial charge in [-0.1, -0.05) is 41.5 Å². The van der Waals surface area contributed by atoms with Crippen molar-refractivity contribution in [2.75, 3.05) is 85.0 Å². The average Bonchev–Trinajstić information content (AvgIpc) is 0.918. The molecule has 12 aromatic rings. The van der Waals surface area contributed by atoms with Crippen LogP contribution in [0.15, 0.2) is 122 Å². The zero-order valence-electron chi connectivity index (χ0n) is 64.3. The molecule has 4 saturated heterocycles. The summed E-state index contributed by atoms with van der Waals surface area (Å²) in [5, 5.41) is 56.9. The first-order chi connectivity index (χ1) is 55.4. The molecular weight excluding hydrogens is 1550 g/mol. The summed E-state index contributed by atoms with van der Waals surface area (Å²) in [5.74, 6) is 2.31. The van der Waals surface area contributed by atoms with Gasteiger partial charge in [0.05, 0.1) is 62.8 Å². The van der Waals surface area contributed by atoms with Gasteiger partial charge < -0.3 is 51.9 Å². The molecule has 0 aliphatic carbocycles. The number of piperazine rings is 2. The highest BCUT2D eigenvalue weighted by Crippen LogP contribution is 2.45. The Balaban J connectivity index is 0.000000145. The molecule has 4 aliphatic rings. The number of aliphatic hydroxyl groups is 2. The van der Waals surface area contributed by atoms with Crippen LogP contribution in [0.3, 0.4) is 0 Å². The van der Waals surface area contributed by atoms with Gasteiger partial charge in [-0.25, -0.2) is 39.9 Å². The minimum absolute atomic E-state index is 0. The van der Waals surface area contributed by atoms with Crippen molar-refractivity contribution in [1.29, 1.82) is 0 Å². The Labute approximate surface area is 662 Å². The first kappa shape index (κ1) is 83.6. The van der Waals surface area contributed by atoms with E-state index in [1.807, 2.05) is 32.6 Å². The van der Waals surface area contributed by atoms with Gasteiger partial charge in [-0.15, -0.1) is 0 Å². The van der Waals surface area contributed by atoms with Crippen molar-refractivity contribution in [2.24, 2.45) is 29.2 Å². The molecule has 4 aliphatic heterocycles. The summed E-state index contributed by atoms with van der Waals surface area (Å²) in [7, 11) is 0. The topological polar surface area (TPSA) is 364 Å². The van der Waals surface area contributed by atoms with Crippen LogP contribution in [0.1, 0.15) is 97.3 Å². The smallest absolute Gasteiger partial charge is 0.386 e. The number of aromatic amines is 4. The van der Waals surface area contributed by atoms with Crippen molar-refractivity contribution in [3.05, 3.63) is 144 Å². The Bertz CT molecular complexity index is 5310. The number of H-pyrrole nitrogens is 4. The molecule has 16 rings (SSSR count). The fraction of sp³-hybridized carbons (Fsp3) is 0.423. The van der Waals surface area contributed by atoms with Crippen LogP contribution in [0, 0.1) is 17.8 Å². The number of hydrogen-bond donors (Lipinski definition) is 10. The highest BCUT2D eigenvalue weighted by Gasteiger charge is 2.45. The molecule has 39 heteroatoms. The maximum Gasteiger partial charge on any atom is 0.418 e. The fourth-order valence-corrected chi connectivity index (χ4v) is 15.3. The average molecular weight is 1640 g/mol. The third kappa shape index (κ3) is 18.8. The quantitative estimate of drug-likeness (QED) is 0.0452. The van der Waals surface area contributed by atoms with Crippen molar-refractivity contribution in [2.45, 2.75) is 128 Å². The largest absolute Gasteiger partial charge is 0.418 e. The van der Waals surface area contributed by atoms with Crippen LogP contribution in [-0.2, 0) is 29.5 Å². The number of piperidine rings is 2. The summed E-state index contributed by atoms with van der Waals surface area (Å²) >= 11 is 0. The molecule has 12 aromatic heterocycles. The number of pyridine rings is 8. The summed E-state index contributed by atoms with van der Waals surface area (Å²) < 4.78 is 164. The maximum absolute atomic E-state index is 13.8. The molecule has 1 amide bonds. The molecule has 16 heterocycles. The third-order valence-corrected chi connectivity index (χ3v) is 20.6. The van der Waals surface area contributed by atoms with Crippen LogP contribution < -0.4 is 41.7 Å². The normalized spacial score (nSPS) is 19.8. The lowest BCUT2D eigenvalue weighted by atomic mass is 9.81. The second-order valence-corrected chi connectivity index (χ2v) is 30.7. The van der Waals surface area contributed by atoms with E-state index >= 15 is 0 Å². The SMILES string of the molecule is CC(C)C[C@@H]1CN(c2ccc(C(F)(F)F)c(-c3[nH]nc4ncccc34)n2)CCN1.CC(C)C[C@@]1(O)CN(c2ccc(C(F)(F)F)c(-c3[nH]nc4ncccc34)n2)CC[C@H]1N.CC(C)C[C@]1(O)CN(c2ccc(C(F)(F)F)c(-c3[nH]nc4ncccc34)n2)CC[C@@H]1N.O=C1CN(c2ccc(C(F)(F)F)c(-c3[nH]nc4ncccc34)n2)CCN1.[HH]. The monoisotopic (exact) mass is 1640 g/mol. The molecule has 0 saturated carbocycles. The van der Waals surface area contributed by atoms with Crippen LogP contribution in [0.2, 0.25) is 0 Å². The van der Waals surface area contributed by atoms with Crippen molar-refractivity contribution < 1.29 is 69.1 Å².